The highest BCUT2D eigenvalue weighted by atomic mass is 16.2. The first-order valence-corrected chi connectivity index (χ1v) is 8.17. The highest BCUT2D eigenvalue weighted by Crippen LogP contribution is 2.43. The van der Waals surface area contributed by atoms with E-state index in [0.717, 1.165) is 37.8 Å². The van der Waals surface area contributed by atoms with E-state index in [4.69, 9.17) is 0 Å². The van der Waals surface area contributed by atoms with E-state index in [0.29, 0.717) is 18.0 Å². The molecule has 3 rings (SSSR count). The van der Waals surface area contributed by atoms with Crippen molar-refractivity contribution >= 4 is 5.91 Å². The van der Waals surface area contributed by atoms with Crippen molar-refractivity contribution in [3.8, 4) is 0 Å². The maximum atomic E-state index is 12.3. The second-order valence-corrected chi connectivity index (χ2v) is 7.83. The van der Waals surface area contributed by atoms with Gasteiger partial charge >= 0.3 is 0 Å². The van der Waals surface area contributed by atoms with E-state index in [1.807, 2.05) is 20.8 Å². The van der Waals surface area contributed by atoms with Gasteiger partial charge in [0.15, 0.2) is 0 Å². The van der Waals surface area contributed by atoms with Crippen molar-refractivity contribution in [2.24, 2.45) is 17.3 Å². The average molecular weight is 276 g/mol. The molecule has 0 aromatic rings. The van der Waals surface area contributed by atoms with Crippen LogP contribution in [0, 0.1) is 17.3 Å². The van der Waals surface area contributed by atoms with Crippen LogP contribution in [0.2, 0.25) is 0 Å². The molecule has 3 aliphatic rings. The summed E-state index contributed by atoms with van der Waals surface area (Å²) in [4.78, 5) is 14.3. The molecule has 2 aliphatic carbocycles. The predicted octanol–water partition coefficient (Wildman–Crippen LogP) is 2.58. The van der Waals surface area contributed by atoms with Crippen molar-refractivity contribution in [3.05, 3.63) is 12.2 Å². The Kier molecular flexibility index (Phi) is 3.65. The van der Waals surface area contributed by atoms with Crippen LogP contribution in [-0.4, -0.2) is 36.0 Å². The van der Waals surface area contributed by atoms with Gasteiger partial charge in [0.05, 0.1) is 0 Å². The van der Waals surface area contributed by atoms with Crippen LogP contribution in [0.15, 0.2) is 12.2 Å². The molecule has 1 heterocycles. The first-order chi connectivity index (χ1) is 9.45. The third-order valence-corrected chi connectivity index (χ3v) is 5.24. The summed E-state index contributed by atoms with van der Waals surface area (Å²) >= 11 is 0. The van der Waals surface area contributed by atoms with Crippen molar-refractivity contribution in [2.75, 3.05) is 13.1 Å². The van der Waals surface area contributed by atoms with Crippen molar-refractivity contribution in [2.45, 2.75) is 58.5 Å². The number of piperidine rings is 1. The Morgan fingerprint density at radius 1 is 1.25 bits per heavy atom. The summed E-state index contributed by atoms with van der Waals surface area (Å²) in [5.41, 5.74) is -0.240. The number of fused-ring (bicyclic) bond motifs is 1. The highest BCUT2D eigenvalue weighted by molar-refractivity contribution is 5.81. The summed E-state index contributed by atoms with van der Waals surface area (Å²) in [6, 6.07) is 1.31. The molecule has 0 aromatic heterocycles. The zero-order chi connectivity index (χ0) is 14.3. The predicted molar refractivity (Wildman–Crippen MR) is 81.3 cm³/mol. The molecule has 2 fully saturated rings. The normalized spacial score (nSPS) is 34.0. The molecule has 1 amide bonds. The molecule has 0 spiro atoms. The molecule has 0 aromatic carbocycles. The zero-order valence-electron chi connectivity index (χ0n) is 13.1. The fourth-order valence-corrected chi connectivity index (χ4v) is 3.93. The average Bonchev–Trinajstić information content (AvgIpc) is 2.76. The van der Waals surface area contributed by atoms with Gasteiger partial charge in [-0.05, 0) is 37.5 Å². The van der Waals surface area contributed by atoms with E-state index < -0.39 is 0 Å². The molecule has 0 radical (unpaired) electrons. The van der Waals surface area contributed by atoms with Gasteiger partial charge in [-0.25, -0.2) is 0 Å². The molecule has 3 atom stereocenters. The standard InChI is InChI=1S/C17H28N2O/c1-17(2,3)16(20)19-9-7-13(8-10-19)18-15-11-12-5-4-6-14(12)15/h4,6,12-15,18H,5,7-11H2,1-3H3. The number of rotatable bonds is 2. The van der Waals surface area contributed by atoms with Gasteiger partial charge in [0.2, 0.25) is 5.91 Å². The number of nitrogens with zero attached hydrogens (tertiary/aromatic N) is 1. The molecule has 1 saturated carbocycles. The van der Waals surface area contributed by atoms with E-state index in [1.165, 1.54) is 12.8 Å². The summed E-state index contributed by atoms with van der Waals surface area (Å²) in [6.07, 6.45) is 9.62. The van der Waals surface area contributed by atoms with Crippen LogP contribution in [0.1, 0.15) is 46.5 Å². The zero-order valence-corrected chi connectivity index (χ0v) is 13.1. The number of hydrogen-bond acceptors (Lipinski definition) is 2. The van der Waals surface area contributed by atoms with Crippen molar-refractivity contribution in [1.29, 1.82) is 0 Å². The molecule has 1 saturated heterocycles. The van der Waals surface area contributed by atoms with Gasteiger partial charge in [0.1, 0.15) is 0 Å². The van der Waals surface area contributed by atoms with Crippen LogP contribution in [0.25, 0.3) is 0 Å². The highest BCUT2D eigenvalue weighted by Gasteiger charge is 2.42. The third-order valence-electron chi connectivity index (χ3n) is 5.24. The number of carbonyl (C=O) groups is 1. The Balaban J connectivity index is 1.45. The van der Waals surface area contributed by atoms with Crippen molar-refractivity contribution in [1.82, 2.24) is 10.2 Å². The van der Waals surface area contributed by atoms with Gasteiger partial charge in [0, 0.05) is 30.6 Å². The second-order valence-electron chi connectivity index (χ2n) is 7.83. The summed E-state index contributed by atoms with van der Waals surface area (Å²) in [5, 5.41) is 3.84. The van der Waals surface area contributed by atoms with Gasteiger partial charge in [-0.1, -0.05) is 32.9 Å². The minimum absolute atomic E-state index is 0.240. The Hall–Kier alpha value is -0.830. The minimum Gasteiger partial charge on any atom is -0.342 e. The molecular weight excluding hydrogens is 248 g/mol. The largest absolute Gasteiger partial charge is 0.342 e. The van der Waals surface area contributed by atoms with E-state index in [-0.39, 0.29) is 5.41 Å². The van der Waals surface area contributed by atoms with E-state index in [1.54, 1.807) is 0 Å². The first-order valence-electron chi connectivity index (χ1n) is 8.17. The summed E-state index contributed by atoms with van der Waals surface area (Å²) in [5.74, 6) is 2.03. The summed E-state index contributed by atoms with van der Waals surface area (Å²) in [6.45, 7) is 7.89. The van der Waals surface area contributed by atoms with Crippen LogP contribution >= 0.6 is 0 Å². The lowest BCUT2D eigenvalue weighted by atomic mass is 9.71. The fraction of sp³-hybridized carbons (Fsp3) is 0.824. The summed E-state index contributed by atoms with van der Waals surface area (Å²) in [7, 11) is 0. The molecule has 1 N–H and O–H groups in total. The van der Waals surface area contributed by atoms with E-state index in [2.05, 4.69) is 22.4 Å². The quantitative estimate of drug-likeness (QED) is 0.786. The molecule has 3 heteroatoms. The molecule has 20 heavy (non-hydrogen) atoms. The van der Waals surface area contributed by atoms with Gasteiger partial charge in [-0.2, -0.15) is 0 Å². The van der Waals surface area contributed by atoms with Crippen molar-refractivity contribution in [3.63, 3.8) is 0 Å². The molecular formula is C17H28N2O. The van der Waals surface area contributed by atoms with Crippen LogP contribution in [0.3, 0.4) is 0 Å². The van der Waals surface area contributed by atoms with E-state index in [9.17, 15) is 4.79 Å². The van der Waals surface area contributed by atoms with Crippen molar-refractivity contribution < 1.29 is 4.79 Å². The minimum atomic E-state index is -0.240. The van der Waals surface area contributed by atoms with E-state index >= 15 is 0 Å². The number of nitrogens with one attached hydrogen (secondary N) is 1. The number of amides is 1. The Morgan fingerprint density at radius 3 is 2.55 bits per heavy atom. The van der Waals surface area contributed by atoms with Crippen LogP contribution in [-0.2, 0) is 4.79 Å². The monoisotopic (exact) mass is 276 g/mol. The molecule has 3 unspecified atom stereocenters. The van der Waals surface area contributed by atoms with Crippen LogP contribution in [0.4, 0.5) is 0 Å². The Labute approximate surface area is 122 Å². The van der Waals surface area contributed by atoms with Gasteiger partial charge in [0.25, 0.3) is 0 Å². The Bertz CT molecular complexity index is 402. The van der Waals surface area contributed by atoms with Crippen LogP contribution < -0.4 is 5.32 Å². The lowest BCUT2D eigenvalue weighted by Crippen LogP contribution is -2.55. The third kappa shape index (κ3) is 2.65. The van der Waals surface area contributed by atoms with Gasteiger partial charge < -0.3 is 10.2 Å². The molecule has 3 nitrogen and oxygen atoms in total. The summed E-state index contributed by atoms with van der Waals surface area (Å²) < 4.78 is 0. The number of hydrogen-bond donors (Lipinski definition) is 1. The van der Waals surface area contributed by atoms with Gasteiger partial charge in [-0.3, -0.25) is 4.79 Å². The Morgan fingerprint density at radius 2 is 1.95 bits per heavy atom. The lowest BCUT2D eigenvalue weighted by Gasteiger charge is -2.44. The van der Waals surface area contributed by atoms with Gasteiger partial charge in [-0.15, -0.1) is 0 Å². The molecule has 112 valence electrons. The number of likely N-dealkylation sites (tertiary alicyclic amines) is 1. The smallest absolute Gasteiger partial charge is 0.227 e. The number of carbonyl (C=O) groups excluding carboxylic acids is 1. The second kappa shape index (κ2) is 5.18. The maximum absolute atomic E-state index is 12.3. The lowest BCUT2D eigenvalue weighted by molar-refractivity contribution is -0.140. The fourth-order valence-electron chi connectivity index (χ4n) is 3.93. The number of allylic oxidation sites excluding steroid dienone is 1. The first kappa shape index (κ1) is 14.1. The molecule has 1 aliphatic heterocycles. The SMILES string of the molecule is CC(C)(C)C(=O)N1CCC(NC2CC3CC=CC32)CC1. The topological polar surface area (TPSA) is 32.3 Å². The van der Waals surface area contributed by atoms with Crippen LogP contribution in [0.5, 0.6) is 0 Å². The molecule has 0 bridgehead atoms. The maximum Gasteiger partial charge on any atom is 0.227 e.